The second-order valence-electron chi connectivity index (χ2n) is 5.70. The summed E-state index contributed by atoms with van der Waals surface area (Å²) in [5.74, 6) is -1.07. The van der Waals surface area contributed by atoms with Crippen LogP contribution < -0.4 is 5.32 Å². The van der Waals surface area contributed by atoms with Crippen molar-refractivity contribution in [1.29, 1.82) is 0 Å². The van der Waals surface area contributed by atoms with Crippen LogP contribution in [0.1, 0.15) is 26.3 Å². The third kappa shape index (κ3) is 6.73. The number of carbonyl (C=O) groups is 3. The molecule has 0 saturated heterocycles. The highest BCUT2D eigenvalue weighted by molar-refractivity contribution is 5.91. The maximum atomic E-state index is 12.0. The van der Waals surface area contributed by atoms with Crippen LogP contribution in [-0.4, -0.2) is 49.6 Å². The fourth-order valence-electron chi connectivity index (χ4n) is 2.11. The quantitative estimate of drug-likeness (QED) is 0.407. The second kappa shape index (κ2) is 10.7. The van der Waals surface area contributed by atoms with Crippen molar-refractivity contribution in [3.63, 3.8) is 0 Å². The molecule has 0 aromatic heterocycles. The normalized spacial score (nSPS) is 10.1. The van der Waals surface area contributed by atoms with E-state index in [1.807, 2.05) is 19.1 Å². The zero-order valence-electron chi connectivity index (χ0n) is 15.3. The number of aryl methyl sites for hydroxylation is 1. The topological polar surface area (TPSA) is 111 Å². The molecule has 0 aliphatic heterocycles. The molecule has 0 aliphatic carbocycles. The van der Waals surface area contributed by atoms with Crippen LogP contribution in [0.2, 0.25) is 0 Å². The molecule has 2 rings (SSSR count). The van der Waals surface area contributed by atoms with Gasteiger partial charge < -0.3 is 19.3 Å². The number of hydrogen-bond donors (Lipinski definition) is 2. The van der Waals surface area contributed by atoms with E-state index in [2.05, 4.69) is 10.1 Å². The summed E-state index contributed by atoms with van der Waals surface area (Å²) < 4.78 is 14.8. The van der Waals surface area contributed by atoms with E-state index in [1.165, 1.54) is 24.3 Å². The molecule has 0 radical (unpaired) electrons. The first-order valence-electron chi connectivity index (χ1n) is 8.55. The summed E-state index contributed by atoms with van der Waals surface area (Å²) in [6, 6.07) is 12.9. The lowest BCUT2D eigenvalue weighted by Crippen LogP contribution is -2.16. The summed E-state index contributed by atoms with van der Waals surface area (Å²) in [5, 5.41) is 11.0. The first-order valence-corrected chi connectivity index (χ1v) is 8.55. The Balaban J connectivity index is 1.73. The fraction of sp³-hybridized carbons (Fsp3) is 0.250. The van der Waals surface area contributed by atoms with Crippen molar-refractivity contribution >= 4 is 23.7 Å². The Hall–Kier alpha value is -3.39. The monoisotopic (exact) mass is 387 g/mol. The minimum Gasteiger partial charge on any atom is -0.458 e. The van der Waals surface area contributed by atoms with E-state index in [0.29, 0.717) is 11.3 Å². The molecule has 0 heterocycles. The van der Waals surface area contributed by atoms with Gasteiger partial charge in [0.2, 0.25) is 0 Å². The lowest BCUT2D eigenvalue weighted by atomic mass is 10.1. The molecule has 0 spiro atoms. The highest BCUT2D eigenvalue weighted by Crippen LogP contribution is 2.11. The van der Waals surface area contributed by atoms with Crippen molar-refractivity contribution in [1.82, 2.24) is 0 Å². The molecular formula is C20H21NO7. The fourth-order valence-corrected chi connectivity index (χ4v) is 2.11. The lowest BCUT2D eigenvalue weighted by Gasteiger charge is -2.08. The summed E-state index contributed by atoms with van der Waals surface area (Å²) in [6.45, 7) is 1.40. The number of nitrogens with one attached hydrogen (secondary N) is 1. The molecule has 0 bridgehead atoms. The summed E-state index contributed by atoms with van der Waals surface area (Å²) >= 11 is 0. The first kappa shape index (κ1) is 20.9. The lowest BCUT2D eigenvalue weighted by molar-refractivity contribution is 0.0265. The second-order valence-corrected chi connectivity index (χ2v) is 5.70. The Morgan fingerprint density at radius 3 is 1.79 bits per heavy atom. The molecule has 8 heteroatoms. The Morgan fingerprint density at radius 1 is 0.786 bits per heavy atom. The largest absolute Gasteiger partial charge is 0.458 e. The van der Waals surface area contributed by atoms with Crippen molar-refractivity contribution < 1.29 is 33.7 Å². The van der Waals surface area contributed by atoms with Crippen LogP contribution in [-0.2, 0) is 14.2 Å². The third-order valence-corrected chi connectivity index (χ3v) is 3.53. The van der Waals surface area contributed by atoms with E-state index in [0.717, 1.165) is 5.56 Å². The van der Waals surface area contributed by atoms with Crippen LogP contribution in [0.5, 0.6) is 0 Å². The average molecular weight is 387 g/mol. The number of rotatable bonds is 8. The number of amides is 1. The van der Waals surface area contributed by atoms with Crippen LogP contribution in [0.15, 0.2) is 48.5 Å². The molecule has 2 aromatic carbocycles. The summed E-state index contributed by atoms with van der Waals surface area (Å²) in [4.78, 5) is 35.2. The van der Waals surface area contributed by atoms with Gasteiger partial charge in [0.25, 0.3) is 0 Å². The van der Waals surface area contributed by atoms with Crippen LogP contribution in [0.3, 0.4) is 0 Å². The molecule has 148 valence electrons. The van der Waals surface area contributed by atoms with E-state index in [4.69, 9.17) is 14.6 Å². The van der Waals surface area contributed by atoms with Gasteiger partial charge in [0.1, 0.15) is 19.8 Å². The van der Waals surface area contributed by atoms with Crippen molar-refractivity contribution in [3.8, 4) is 0 Å². The molecule has 28 heavy (non-hydrogen) atoms. The molecule has 0 atom stereocenters. The first-order chi connectivity index (χ1) is 13.5. The van der Waals surface area contributed by atoms with Gasteiger partial charge in [0.05, 0.1) is 17.7 Å². The number of anilines is 1. The van der Waals surface area contributed by atoms with Gasteiger partial charge in [-0.15, -0.1) is 0 Å². The van der Waals surface area contributed by atoms with E-state index in [1.54, 1.807) is 12.1 Å². The van der Waals surface area contributed by atoms with Gasteiger partial charge in [0, 0.05) is 5.69 Å². The third-order valence-electron chi connectivity index (χ3n) is 3.53. The van der Waals surface area contributed by atoms with Gasteiger partial charge in [-0.05, 0) is 43.3 Å². The van der Waals surface area contributed by atoms with Crippen LogP contribution in [0.4, 0.5) is 10.5 Å². The number of hydrogen-bond acceptors (Lipinski definition) is 7. The molecule has 8 nitrogen and oxygen atoms in total. The van der Waals surface area contributed by atoms with E-state index >= 15 is 0 Å². The highest BCUT2D eigenvalue weighted by Gasteiger charge is 2.10. The molecule has 0 fully saturated rings. The Kier molecular flexibility index (Phi) is 7.98. The minimum atomic E-state index is -0.709. The van der Waals surface area contributed by atoms with E-state index in [-0.39, 0.29) is 32.0 Å². The molecule has 0 saturated carbocycles. The molecule has 0 unspecified atom stereocenters. The number of benzene rings is 2. The standard InChI is InChI=1S/C20H21NO7/c1-14-2-4-15(5-3-14)18(23)26-12-13-27-19(24)16-6-8-17(9-7-16)21-20(25)28-11-10-22/h2-9,22H,10-13H2,1H3,(H,21,25). The molecule has 2 N–H and O–H groups in total. The summed E-state index contributed by atoms with van der Waals surface area (Å²) in [5.41, 5.74) is 2.16. The summed E-state index contributed by atoms with van der Waals surface area (Å²) in [7, 11) is 0. The molecule has 1 amide bonds. The average Bonchev–Trinajstić information content (AvgIpc) is 2.70. The van der Waals surface area contributed by atoms with E-state index < -0.39 is 18.0 Å². The Labute approximate surface area is 162 Å². The van der Waals surface area contributed by atoms with Crippen molar-refractivity contribution in [2.24, 2.45) is 0 Å². The SMILES string of the molecule is Cc1ccc(C(=O)OCCOC(=O)c2ccc(NC(=O)OCCO)cc2)cc1. The number of esters is 2. The molecule has 2 aromatic rings. The number of carbonyl (C=O) groups excluding carboxylic acids is 3. The zero-order chi connectivity index (χ0) is 20.4. The Bertz CT molecular complexity index is 800. The van der Waals surface area contributed by atoms with Gasteiger partial charge >= 0.3 is 18.0 Å². The van der Waals surface area contributed by atoms with Crippen LogP contribution >= 0.6 is 0 Å². The van der Waals surface area contributed by atoms with Gasteiger partial charge in [-0.2, -0.15) is 0 Å². The predicted molar refractivity (Wildman–Crippen MR) is 100 cm³/mol. The van der Waals surface area contributed by atoms with Gasteiger partial charge in [-0.3, -0.25) is 5.32 Å². The smallest absolute Gasteiger partial charge is 0.411 e. The minimum absolute atomic E-state index is 0.0607. The van der Waals surface area contributed by atoms with Gasteiger partial charge in [-0.25, -0.2) is 14.4 Å². The van der Waals surface area contributed by atoms with Crippen molar-refractivity contribution in [2.75, 3.05) is 31.7 Å². The van der Waals surface area contributed by atoms with Gasteiger partial charge in [-0.1, -0.05) is 17.7 Å². The number of ether oxygens (including phenoxy) is 3. The maximum Gasteiger partial charge on any atom is 0.411 e. The highest BCUT2D eigenvalue weighted by atomic mass is 16.6. The molecule has 0 aliphatic rings. The maximum absolute atomic E-state index is 12.0. The number of aliphatic hydroxyl groups excluding tert-OH is 1. The van der Waals surface area contributed by atoms with Crippen LogP contribution in [0, 0.1) is 6.92 Å². The molecular weight excluding hydrogens is 366 g/mol. The number of aliphatic hydroxyl groups is 1. The zero-order valence-corrected chi connectivity index (χ0v) is 15.3. The van der Waals surface area contributed by atoms with Crippen molar-refractivity contribution in [3.05, 3.63) is 65.2 Å². The Morgan fingerprint density at radius 2 is 1.29 bits per heavy atom. The van der Waals surface area contributed by atoms with Gasteiger partial charge in [0.15, 0.2) is 0 Å². The predicted octanol–water partition coefficient (Wildman–Crippen LogP) is 2.55. The van der Waals surface area contributed by atoms with Crippen LogP contribution in [0.25, 0.3) is 0 Å². The van der Waals surface area contributed by atoms with E-state index in [9.17, 15) is 14.4 Å². The van der Waals surface area contributed by atoms with Crippen molar-refractivity contribution in [2.45, 2.75) is 6.92 Å². The summed E-state index contributed by atoms with van der Waals surface area (Å²) in [6.07, 6.45) is -0.709.